The number of anilines is 1. The lowest BCUT2D eigenvalue weighted by atomic mass is 9.83. The Morgan fingerprint density at radius 1 is 1.26 bits per heavy atom. The van der Waals surface area contributed by atoms with E-state index in [4.69, 9.17) is 5.11 Å². The average Bonchev–Trinajstić information content (AvgIpc) is 3.44. The summed E-state index contributed by atoms with van der Waals surface area (Å²) in [5, 5.41) is 27.9. The first-order chi connectivity index (χ1) is 16.4. The number of pyridine rings is 1. The molecule has 2 aromatic heterocycles. The van der Waals surface area contributed by atoms with Crippen molar-refractivity contribution in [3.05, 3.63) is 29.7 Å². The summed E-state index contributed by atoms with van der Waals surface area (Å²) >= 11 is 0. The first-order valence-corrected chi connectivity index (χ1v) is 11.2. The molecule has 2 aliphatic rings. The zero-order valence-electron chi connectivity index (χ0n) is 18.4. The first kappa shape index (κ1) is 23.3. The minimum atomic E-state index is -1.09. The fourth-order valence-corrected chi connectivity index (χ4v) is 4.17. The van der Waals surface area contributed by atoms with Crippen molar-refractivity contribution in [3.63, 3.8) is 0 Å². The molecule has 4 N–H and O–H groups in total. The number of carboxylic acid groups (broad SMARTS) is 1. The van der Waals surface area contributed by atoms with Crippen molar-refractivity contribution < 1.29 is 24.3 Å². The smallest absolute Gasteiger partial charge is 0.303 e. The minimum absolute atomic E-state index is 0.0121. The van der Waals surface area contributed by atoms with Crippen molar-refractivity contribution in [2.75, 3.05) is 4.90 Å². The van der Waals surface area contributed by atoms with Gasteiger partial charge in [0.25, 0.3) is 5.91 Å². The van der Waals surface area contributed by atoms with Crippen molar-refractivity contribution in [1.29, 1.82) is 0 Å². The number of aliphatic carboxylic acids is 1. The number of carbonyl (C=O) groups is 4. The fraction of sp³-hybridized carbons (Fsp3) is 0.524. The second-order valence-electron chi connectivity index (χ2n) is 8.51. The van der Waals surface area contributed by atoms with Crippen LogP contribution in [-0.2, 0) is 32.1 Å². The number of hydrogen-bond acceptors (Lipinski definition) is 8. The summed E-state index contributed by atoms with van der Waals surface area (Å²) in [6, 6.07) is 1.48. The van der Waals surface area contributed by atoms with Crippen LogP contribution >= 0.6 is 0 Å². The Morgan fingerprint density at radius 3 is 2.76 bits per heavy atom. The Kier molecular flexibility index (Phi) is 7.09. The monoisotopic (exact) mass is 470 g/mol. The molecular formula is C21H26N8O5. The number of aromatic nitrogens is 5. The molecule has 34 heavy (non-hydrogen) atoms. The van der Waals surface area contributed by atoms with Gasteiger partial charge < -0.3 is 15.7 Å². The molecule has 0 spiro atoms. The van der Waals surface area contributed by atoms with Gasteiger partial charge in [-0.05, 0) is 36.8 Å². The number of H-pyrrole nitrogens is 1. The lowest BCUT2D eigenvalue weighted by molar-refractivity contribution is -0.138. The second kappa shape index (κ2) is 10.4. The topological polar surface area (TPSA) is 183 Å². The SMILES string of the molecule is O=C(O)CCC(NC(=O)CC1CCC1)C(=O)N1c2ncccc2CC1C(=O)NCc1nn[nH]n1. The van der Waals surface area contributed by atoms with E-state index >= 15 is 0 Å². The van der Waals surface area contributed by atoms with Crippen LogP contribution in [0.2, 0.25) is 0 Å². The van der Waals surface area contributed by atoms with Crippen LogP contribution in [0.15, 0.2) is 18.3 Å². The van der Waals surface area contributed by atoms with E-state index in [9.17, 15) is 19.2 Å². The highest BCUT2D eigenvalue weighted by atomic mass is 16.4. The number of fused-ring (bicyclic) bond motifs is 1. The van der Waals surface area contributed by atoms with Crippen LogP contribution in [-0.4, -0.2) is 66.5 Å². The zero-order chi connectivity index (χ0) is 24.1. The molecule has 3 heterocycles. The Balaban J connectivity index is 1.53. The molecule has 1 aliphatic carbocycles. The van der Waals surface area contributed by atoms with E-state index in [2.05, 4.69) is 36.2 Å². The largest absolute Gasteiger partial charge is 0.481 e. The van der Waals surface area contributed by atoms with E-state index < -0.39 is 29.9 Å². The molecule has 1 aliphatic heterocycles. The molecule has 2 aromatic rings. The molecule has 4 rings (SSSR count). The van der Waals surface area contributed by atoms with Gasteiger partial charge in [0.05, 0.1) is 6.54 Å². The highest BCUT2D eigenvalue weighted by Gasteiger charge is 2.42. The summed E-state index contributed by atoms with van der Waals surface area (Å²) in [5.41, 5.74) is 0.702. The molecular weight excluding hydrogens is 444 g/mol. The average molecular weight is 470 g/mol. The zero-order valence-corrected chi connectivity index (χ0v) is 18.4. The molecule has 0 aromatic carbocycles. The third-order valence-electron chi connectivity index (χ3n) is 6.15. The number of amides is 3. The molecule has 13 heteroatoms. The van der Waals surface area contributed by atoms with Gasteiger partial charge in [-0.2, -0.15) is 5.21 Å². The fourth-order valence-electron chi connectivity index (χ4n) is 4.17. The van der Waals surface area contributed by atoms with Crippen LogP contribution in [0.1, 0.15) is 49.9 Å². The Hall–Kier alpha value is -3.90. The molecule has 13 nitrogen and oxygen atoms in total. The number of carboxylic acids is 1. The number of rotatable bonds is 10. The van der Waals surface area contributed by atoms with Crippen molar-refractivity contribution in [1.82, 2.24) is 36.2 Å². The van der Waals surface area contributed by atoms with Crippen LogP contribution in [0, 0.1) is 5.92 Å². The lowest BCUT2D eigenvalue weighted by Gasteiger charge is -2.29. The third-order valence-corrected chi connectivity index (χ3v) is 6.15. The predicted molar refractivity (Wildman–Crippen MR) is 116 cm³/mol. The van der Waals surface area contributed by atoms with E-state index in [1.54, 1.807) is 12.1 Å². The number of carbonyl (C=O) groups excluding carboxylic acids is 3. The van der Waals surface area contributed by atoms with Crippen molar-refractivity contribution in [3.8, 4) is 0 Å². The number of aromatic amines is 1. The van der Waals surface area contributed by atoms with E-state index in [0.717, 1.165) is 19.3 Å². The van der Waals surface area contributed by atoms with Gasteiger partial charge in [0.15, 0.2) is 5.82 Å². The highest BCUT2D eigenvalue weighted by Crippen LogP contribution is 2.32. The van der Waals surface area contributed by atoms with E-state index in [1.807, 2.05) is 0 Å². The Morgan fingerprint density at radius 2 is 2.09 bits per heavy atom. The summed E-state index contributed by atoms with van der Waals surface area (Å²) in [6.07, 6.45) is 4.64. The standard InChI is InChI=1S/C21H26N8O5/c30-17(9-12-3-1-4-12)24-14(6-7-18(31)32)21(34)29-15(10-13-5-2-8-22-19(13)29)20(33)23-11-16-25-27-28-26-16/h2,5,8,12,14-15H,1,3-4,6-7,9-11H2,(H,23,33)(H,24,30)(H,31,32)(H,25,26,27,28). The molecule has 0 radical (unpaired) electrons. The predicted octanol–water partition coefficient (Wildman–Crippen LogP) is -0.291. The third kappa shape index (κ3) is 5.35. The molecule has 1 saturated carbocycles. The van der Waals surface area contributed by atoms with Crippen molar-refractivity contribution in [2.45, 2.75) is 63.6 Å². The van der Waals surface area contributed by atoms with Crippen LogP contribution in [0.3, 0.4) is 0 Å². The van der Waals surface area contributed by atoms with Gasteiger partial charge in [-0.15, -0.1) is 10.2 Å². The van der Waals surface area contributed by atoms with Gasteiger partial charge in [0.1, 0.15) is 17.9 Å². The van der Waals surface area contributed by atoms with Gasteiger partial charge in [-0.1, -0.05) is 17.7 Å². The summed E-state index contributed by atoms with van der Waals surface area (Å²) in [7, 11) is 0. The number of nitrogens with one attached hydrogen (secondary N) is 3. The van der Waals surface area contributed by atoms with Crippen LogP contribution in [0.5, 0.6) is 0 Å². The van der Waals surface area contributed by atoms with Gasteiger partial charge in [-0.3, -0.25) is 24.1 Å². The van der Waals surface area contributed by atoms with E-state index in [0.29, 0.717) is 17.8 Å². The van der Waals surface area contributed by atoms with E-state index in [-0.39, 0.29) is 43.5 Å². The van der Waals surface area contributed by atoms with Crippen molar-refractivity contribution >= 4 is 29.5 Å². The van der Waals surface area contributed by atoms with Gasteiger partial charge >= 0.3 is 5.97 Å². The van der Waals surface area contributed by atoms with Crippen LogP contribution < -0.4 is 15.5 Å². The quantitative estimate of drug-likeness (QED) is 0.362. The molecule has 0 bridgehead atoms. The summed E-state index contributed by atoms with van der Waals surface area (Å²) in [5.74, 6) is -1.52. The highest BCUT2D eigenvalue weighted by molar-refractivity contribution is 6.06. The molecule has 1 fully saturated rings. The lowest BCUT2D eigenvalue weighted by Crippen LogP contribution is -2.55. The minimum Gasteiger partial charge on any atom is -0.481 e. The van der Waals surface area contributed by atoms with Crippen LogP contribution in [0.4, 0.5) is 5.82 Å². The Labute approximate surface area is 194 Å². The second-order valence-corrected chi connectivity index (χ2v) is 8.51. The molecule has 180 valence electrons. The Bertz CT molecular complexity index is 1060. The maximum Gasteiger partial charge on any atom is 0.303 e. The molecule has 2 unspecified atom stereocenters. The first-order valence-electron chi connectivity index (χ1n) is 11.2. The molecule has 3 amide bonds. The van der Waals surface area contributed by atoms with Crippen molar-refractivity contribution in [2.24, 2.45) is 5.92 Å². The number of tetrazole rings is 1. The van der Waals surface area contributed by atoms with E-state index in [1.165, 1.54) is 11.1 Å². The molecule has 2 atom stereocenters. The van der Waals surface area contributed by atoms with Gasteiger partial charge in [-0.25, -0.2) is 4.98 Å². The summed E-state index contributed by atoms with van der Waals surface area (Å²) in [6.45, 7) is 0.0121. The summed E-state index contributed by atoms with van der Waals surface area (Å²) < 4.78 is 0. The van der Waals surface area contributed by atoms with Crippen LogP contribution in [0.25, 0.3) is 0 Å². The maximum atomic E-state index is 13.6. The maximum absolute atomic E-state index is 13.6. The van der Waals surface area contributed by atoms with Gasteiger partial charge in [0.2, 0.25) is 11.8 Å². The number of nitrogens with zero attached hydrogens (tertiary/aromatic N) is 5. The summed E-state index contributed by atoms with van der Waals surface area (Å²) in [4.78, 5) is 56.0. The number of hydrogen-bond donors (Lipinski definition) is 4. The van der Waals surface area contributed by atoms with Gasteiger partial charge in [0, 0.05) is 25.5 Å². The molecule has 0 saturated heterocycles. The normalized spacial score (nSPS) is 18.0.